The number of carbonyl (C=O) groups excluding carboxylic acids is 1. The highest BCUT2D eigenvalue weighted by Gasteiger charge is 2.04. The van der Waals surface area contributed by atoms with E-state index in [4.69, 9.17) is 11.5 Å². The molecule has 0 atom stereocenters. The van der Waals surface area contributed by atoms with Gasteiger partial charge in [-0.05, 0) is 35.9 Å². The lowest BCUT2D eigenvalue weighted by Gasteiger charge is -2.10. The molecular weight excluding hydrogens is 245 g/mol. The highest BCUT2D eigenvalue weighted by atomic mass is 19.1. The third-order valence-corrected chi connectivity index (χ3v) is 2.71. The predicted molar refractivity (Wildman–Crippen MR) is 73.1 cm³/mol. The normalized spacial score (nSPS) is 10.2. The number of rotatable bonds is 4. The molecule has 1 amide bonds. The molecule has 5 N–H and O–H groups in total. The molecule has 0 fully saturated rings. The molecule has 0 spiro atoms. The number of hydrogen-bond donors (Lipinski definition) is 3. The molecule has 5 heteroatoms. The topological polar surface area (TPSA) is 81.1 Å². The molecule has 0 radical (unpaired) electrons. The van der Waals surface area contributed by atoms with Crippen LogP contribution in [0.25, 0.3) is 0 Å². The molecule has 98 valence electrons. The molecule has 0 aliphatic carbocycles. The zero-order valence-electron chi connectivity index (χ0n) is 10.2. The third kappa shape index (κ3) is 3.22. The van der Waals surface area contributed by atoms with E-state index in [1.165, 1.54) is 18.2 Å². The van der Waals surface area contributed by atoms with Gasteiger partial charge in [-0.3, -0.25) is 4.79 Å². The number of nitrogens with two attached hydrogens (primary N) is 2. The van der Waals surface area contributed by atoms with Gasteiger partial charge >= 0.3 is 0 Å². The Kier molecular flexibility index (Phi) is 3.66. The summed E-state index contributed by atoms with van der Waals surface area (Å²) >= 11 is 0. The predicted octanol–water partition coefficient (Wildman–Crippen LogP) is 2.12. The Morgan fingerprint density at radius 3 is 2.63 bits per heavy atom. The second-order valence-corrected chi connectivity index (χ2v) is 4.15. The fourth-order valence-electron chi connectivity index (χ4n) is 1.72. The van der Waals surface area contributed by atoms with Crippen molar-refractivity contribution in [1.82, 2.24) is 0 Å². The summed E-state index contributed by atoms with van der Waals surface area (Å²) in [5, 5.41) is 3.08. The van der Waals surface area contributed by atoms with Gasteiger partial charge in [-0.15, -0.1) is 0 Å². The molecule has 0 saturated carbocycles. The van der Waals surface area contributed by atoms with E-state index in [2.05, 4.69) is 5.32 Å². The fourth-order valence-corrected chi connectivity index (χ4v) is 1.72. The Balaban J connectivity index is 2.10. The van der Waals surface area contributed by atoms with Crippen LogP contribution in [0.4, 0.5) is 15.8 Å². The van der Waals surface area contributed by atoms with E-state index < -0.39 is 5.91 Å². The smallest absolute Gasteiger partial charge is 0.248 e. The minimum atomic E-state index is -0.525. The lowest BCUT2D eigenvalue weighted by Crippen LogP contribution is -2.12. The van der Waals surface area contributed by atoms with Gasteiger partial charge < -0.3 is 16.8 Å². The van der Waals surface area contributed by atoms with E-state index in [0.29, 0.717) is 23.5 Å². The fraction of sp³-hybridized carbons (Fsp3) is 0.0714. The van der Waals surface area contributed by atoms with Crippen LogP contribution >= 0.6 is 0 Å². The summed E-state index contributed by atoms with van der Waals surface area (Å²) < 4.78 is 13.0. The summed E-state index contributed by atoms with van der Waals surface area (Å²) in [5.74, 6) is -0.806. The molecule has 2 aromatic carbocycles. The standard InChI is InChI=1S/C14H14FN3O/c15-11-3-1-2-9(6-11)8-18-13-5-4-10(14(17)19)7-12(13)16/h1-7,18H,8,16H2,(H2,17,19). The van der Waals surface area contributed by atoms with Crippen molar-refractivity contribution in [2.75, 3.05) is 11.1 Å². The van der Waals surface area contributed by atoms with Crippen LogP contribution in [-0.2, 0) is 6.54 Å². The molecule has 0 aliphatic heterocycles. The second-order valence-electron chi connectivity index (χ2n) is 4.15. The molecule has 0 heterocycles. The maximum atomic E-state index is 13.0. The van der Waals surface area contributed by atoms with E-state index in [1.54, 1.807) is 18.2 Å². The van der Waals surface area contributed by atoms with Crippen LogP contribution in [-0.4, -0.2) is 5.91 Å². The first kappa shape index (κ1) is 12.9. The summed E-state index contributed by atoms with van der Waals surface area (Å²) in [4.78, 5) is 11.0. The van der Waals surface area contributed by atoms with Crippen LogP contribution in [0.15, 0.2) is 42.5 Å². The van der Waals surface area contributed by atoms with Crippen LogP contribution in [0.2, 0.25) is 0 Å². The first-order valence-electron chi connectivity index (χ1n) is 5.74. The maximum absolute atomic E-state index is 13.0. The first-order chi connectivity index (χ1) is 9.06. The van der Waals surface area contributed by atoms with Crippen molar-refractivity contribution in [3.8, 4) is 0 Å². The zero-order valence-corrected chi connectivity index (χ0v) is 10.2. The number of anilines is 2. The number of halogens is 1. The van der Waals surface area contributed by atoms with Crippen LogP contribution < -0.4 is 16.8 Å². The van der Waals surface area contributed by atoms with E-state index in [-0.39, 0.29) is 5.82 Å². The Morgan fingerprint density at radius 2 is 2.00 bits per heavy atom. The van der Waals surface area contributed by atoms with Crippen molar-refractivity contribution in [3.05, 3.63) is 59.4 Å². The van der Waals surface area contributed by atoms with E-state index in [0.717, 1.165) is 5.56 Å². The number of primary amides is 1. The minimum Gasteiger partial charge on any atom is -0.397 e. The van der Waals surface area contributed by atoms with Crippen LogP contribution in [0, 0.1) is 5.82 Å². The number of amides is 1. The molecule has 0 aliphatic rings. The highest BCUT2D eigenvalue weighted by Crippen LogP contribution is 2.20. The number of hydrogen-bond acceptors (Lipinski definition) is 3. The number of nitrogen functional groups attached to an aromatic ring is 1. The summed E-state index contributed by atoms with van der Waals surface area (Å²) in [6.07, 6.45) is 0. The van der Waals surface area contributed by atoms with Gasteiger partial charge in [0.05, 0.1) is 11.4 Å². The minimum absolute atomic E-state index is 0.281. The van der Waals surface area contributed by atoms with Crippen molar-refractivity contribution in [2.24, 2.45) is 5.73 Å². The second kappa shape index (κ2) is 5.39. The molecule has 0 aromatic heterocycles. The average Bonchev–Trinajstić information content (AvgIpc) is 2.37. The summed E-state index contributed by atoms with van der Waals surface area (Å²) in [7, 11) is 0. The molecular formula is C14H14FN3O. The van der Waals surface area contributed by atoms with Crippen molar-refractivity contribution < 1.29 is 9.18 Å². The lowest BCUT2D eigenvalue weighted by atomic mass is 10.1. The number of carbonyl (C=O) groups is 1. The van der Waals surface area contributed by atoms with Gasteiger partial charge in [-0.25, -0.2) is 4.39 Å². The van der Waals surface area contributed by atoms with Gasteiger partial charge in [0.15, 0.2) is 0 Å². The molecule has 0 bridgehead atoms. The Bertz CT molecular complexity index is 613. The van der Waals surface area contributed by atoms with Gasteiger partial charge in [0.2, 0.25) is 5.91 Å². The SMILES string of the molecule is NC(=O)c1ccc(NCc2cccc(F)c2)c(N)c1. The maximum Gasteiger partial charge on any atom is 0.248 e. The Hall–Kier alpha value is -2.56. The van der Waals surface area contributed by atoms with Crippen molar-refractivity contribution in [1.29, 1.82) is 0 Å². The van der Waals surface area contributed by atoms with E-state index in [1.807, 2.05) is 6.07 Å². The molecule has 2 rings (SSSR count). The summed E-state index contributed by atoms with van der Waals surface area (Å²) in [5.41, 5.74) is 13.2. The van der Waals surface area contributed by atoms with Crippen molar-refractivity contribution >= 4 is 17.3 Å². The van der Waals surface area contributed by atoms with Crippen molar-refractivity contribution in [3.63, 3.8) is 0 Å². The number of nitrogens with one attached hydrogen (secondary N) is 1. The monoisotopic (exact) mass is 259 g/mol. The largest absolute Gasteiger partial charge is 0.397 e. The third-order valence-electron chi connectivity index (χ3n) is 2.71. The van der Waals surface area contributed by atoms with Crippen LogP contribution in [0.3, 0.4) is 0 Å². The zero-order chi connectivity index (χ0) is 13.8. The summed E-state index contributed by atoms with van der Waals surface area (Å²) in [6.45, 7) is 0.442. The molecule has 19 heavy (non-hydrogen) atoms. The quantitative estimate of drug-likeness (QED) is 0.736. The molecule has 2 aromatic rings. The highest BCUT2D eigenvalue weighted by molar-refractivity contribution is 5.94. The van der Waals surface area contributed by atoms with Gasteiger partial charge in [0.25, 0.3) is 0 Å². The number of benzene rings is 2. The molecule has 4 nitrogen and oxygen atoms in total. The van der Waals surface area contributed by atoms with E-state index >= 15 is 0 Å². The molecule has 0 unspecified atom stereocenters. The lowest BCUT2D eigenvalue weighted by molar-refractivity contribution is 0.100. The van der Waals surface area contributed by atoms with Gasteiger partial charge in [-0.2, -0.15) is 0 Å². The van der Waals surface area contributed by atoms with E-state index in [9.17, 15) is 9.18 Å². The van der Waals surface area contributed by atoms with Gasteiger partial charge in [-0.1, -0.05) is 12.1 Å². The average molecular weight is 259 g/mol. The summed E-state index contributed by atoms with van der Waals surface area (Å²) in [6, 6.07) is 11.1. The van der Waals surface area contributed by atoms with Crippen LogP contribution in [0.5, 0.6) is 0 Å². The van der Waals surface area contributed by atoms with Crippen molar-refractivity contribution in [2.45, 2.75) is 6.54 Å². The Morgan fingerprint density at radius 1 is 1.21 bits per heavy atom. The van der Waals surface area contributed by atoms with Crippen LogP contribution in [0.1, 0.15) is 15.9 Å². The Labute approximate surface area is 110 Å². The van der Waals surface area contributed by atoms with Gasteiger partial charge in [0, 0.05) is 12.1 Å². The molecule has 0 saturated heterocycles. The first-order valence-corrected chi connectivity index (χ1v) is 5.74. The van der Waals surface area contributed by atoms with Gasteiger partial charge in [0.1, 0.15) is 5.82 Å².